The van der Waals surface area contributed by atoms with Gasteiger partial charge in [-0.15, -0.1) is 0 Å². The molecule has 8 heteroatoms. The van der Waals surface area contributed by atoms with Crippen LogP contribution < -0.4 is 14.8 Å². The van der Waals surface area contributed by atoms with Gasteiger partial charge in [0.05, 0.1) is 18.9 Å². The van der Waals surface area contributed by atoms with E-state index >= 15 is 0 Å². The third-order valence-electron chi connectivity index (χ3n) is 7.33. The van der Waals surface area contributed by atoms with E-state index in [-0.39, 0.29) is 11.7 Å². The number of Topliss-reactive ketones (excluding diaryl/α,β-unsaturated/α-hetero) is 1. The van der Waals surface area contributed by atoms with Gasteiger partial charge in [0.25, 0.3) is 0 Å². The van der Waals surface area contributed by atoms with Gasteiger partial charge in [-0.2, -0.15) is 0 Å². The lowest BCUT2D eigenvalue weighted by Crippen LogP contribution is -2.46. The number of carbonyl (C=O) groups is 2. The summed E-state index contributed by atoms with van der Waals surface area (Å²) in [6.07, 6.45) is 9.83. The first-order valence-corrected chi connectivity index (χ1v) is 13.6. The van der Waals surface area contributed by atoms with E-state index in [1.165, 1.54) is 0 Å². The van der Waals surface area contributed by atoms with Crippen LogP contribution in [0.3, 0.4) is 0 Å². The number of carbonyl (C=O) groups excluding carboxylic acids is 2. The van der Waals surface area contributed by atoms with Crippen LogP contribution in [0.1, 0.15) is 69.5 Å². The monoisotopic (exact) mass is 512 g/mol. The van der Waals surface area contributed by atoms with E-state index < -0.39 is 12.1 Å². The fraction of sp³-hybridized carbons (Fsp3) is 0.586. The molecule has 0 saturated carbocycles. The van der Waals surface area contributed by atoms with Crippen molar-refractivity contribution >= 4 is 11.7 Å². The van der Waals surface area contributed by atoms with Crippen molar-refractivity contribution in [1.29, 1.82) is 0 Å². The molecule has 1 saturated heterocycles. The molecule has 2 N–H and O–H groups in total. The average molecular weight is 513 g/mol. The molecule has 2 unspecified atom stereocenters. The largest absolute Gasteiger partial charge is 0.501 e. The summed E-state index contributed by atoms with van der Waals surface area (Å²) >= 11 is 0. The highest BCUT2D eigenvalue weighted by molar-refractivity contribution is 5.95. The summed E-state index contributed by atoms with van der Waals surface area (Å²) in [5.74, 6) is 2.33. The lowest BCUT2D eigenvalue weighted by atomic mass is 9.96. The van der Waals surface area contributed by atoms with E-state index in [2.05, 4.69) is 10.2 Å². The molecule has 8 nitrogen and oxygen atoms in total. The molecular weight excluding hydrogens is 472 g/mol. The molecule has 202 valence electrons. The summed E-state index contributed by atoms with van der Waals surface area (Å²) in [6.45, 7) is 3.56. The number of fused-ring (bicyclic) bond motifs is 1. The zero-order chi connectivity index (χ0) is 26.0. The fourth-order valence-electron chi connectivity index (χ4n) is 5.15. The number of likely N-dealkylation sites (tertiary alicyclic amines) is 1. The molecule has 2 heterocycles. The number of amides is 1. The predicted octanol–water partition coefficient (Wildman–Crippen LogP) is 3.84. The molecule has 0 bridgehead atoms. The number of benzene rings is 1. The zero-order valence-electron chi connectivity index (χ0n) is 21.9. The molecule has 3 aliphatic rings. The number of hydrogen-bond donors (Lipinski definition) is 2. The number of nitrogens with zero attached hydrogens (tertiary/aromatic N) is 1. The van der Waals surface area contributed by atoms with Gasteiger partial charge in [0.2, 0.25) is 5.91 Å². The maximum atomic E-state index is 12.8. The number of ether oxygens (including phenoxy) is 3. The third-order valence-corrected chi connectivity index (χ3v) is 7.33. The highest BCUT2D eigenvalue weighted by Crippen LogP contribution is 2.33. The Morgan fingerprint density at radius 3 is 2.51 bits per heavy atom. The molecule has 37 heavy (non-hydrogen) atoms. The van der Waals surface area contributed by atoms with Gasteiger partial charge in [-0.1, -0.05) is 18.6 Å². The molecule has 1 amide bonds. The van der Waals surface area contributed by atoms with Crippen LogP contribution in [0.15, 0.2) is 41.7 Å². The second-order valence-electron chi connectivity index (χ2n) is 10.0. The Kier molecular flexibility index (Phi) is 10.0. The Hall–Kier alpha value is -2.84. The number of unbranched alkanes of at least 4 members (excludes halogenated alkanes) is 2. The van der Waals surface area contributed by atoms with Crippen molar-refractivity contribution in [3.8, 4) is 11.5 Å². The summed E-state index contributed by atoms with van der Waals surface area (Å²) in [5.41, 5.74) is 1.56. The van der Waals surface area contributed by atoms with Gasteiger partial charge in [0.1, 0.15) is 19.3 Å². The van der Waals surface area contributed by atoms with Crippen LogP contribution in [-0.2, 0) is 14.3 Å². The van der Waals surface area contributed by atoms with Gasteiger partial charge in [-0.25, -0.2) is 0 Å². The normalized spacial score (nSPS) is 19.0. The number of aliphatic hydroxyl groups excluding tert-OH is 1. The van der Waals surface area contributed by atoms with Gasteiger partial charge in [0.15, 0.2) is 17.3 Å². The second kappa shape index (κ2) is 13.6. The van der Waals surface area contributed by atoms with Gasteiger partial charge < -0.3 is 29.5 Å². The van der Waals surface area contributed by atoms with Gasteiger partial charge >= 0.3 is 0 Å². The minimum Gasteiger partial charge on any atom is -0.501 e. The second-order valence-corrected chi connectivity index (χ2v) is 10.0. The highest BCUT2D eigenvalue weighted by Gasteiger charge is 2.27. The molecule has 0 radical (unpaired) electrons. The van der Waals surface area contributed by atoms with Crippen molar-refractivity contribution < 1.29 is 28.9 Å². The molecule has 1 fully saturated rings. The van der Waals surface area contributed by atoms with E-state index in [0.717, 1.165) is 62.9 Å². The summed E-state index contributed by atoms with van der Waals surface area (Å²) in [6, 6.07) is 5.05. The van der Waals surface area contributed by atoms with Gasteiger partial charge in [0, 0.05) is 25.8 Å². The van der Waals surface area contributed by atoms with E-state index in [9.17, 15) is 14.7 Å². The van der Waals surface area contributed by atoms with E-state index in [4.69, 9.17) is 14.2 Å². The first-order valence-electron chi connectivity index (χ1n) is 13.6. The Morgan fingerprint density at radius 1 is 1.03 bits per heavy atom. The lowest BCUT2D eigenvalue weighted by Gasteiger charge is -2.29. The summed E-state index contributed by atoms with van der Waals surface area (Å²) < 4.78 is 16.5. The van der Waals surface area contributed by atoms with E-state index in [1.807, 2.05) is 30.4 Å². The Labute approximate surface area is 219 Å². The van der Waals surface area contributed by atoms with Crippen molar-refractivity contribution in [3.63, 3.8) is 0 Å². The van der Waals surface area contributed by atoms with Gasteiger partial charge in [-0.05, 0) is 74.5 Å². The van der Waals surface area contributed by atoms with E-state index in [1.54, 1.807) is 7.11 Å². The molecule has 4 rings (SSSR count). The molecule has 0 spiro atoms. The van der Waals surface area contributed by atoms with Crippen molar-refractivity contribution in [3.05, 3.63) is 47.2 Å². The minimum absolute atomic E-state index is 0.0701. The van der Waals surface area contributed by atoms with Crippen molar-refractivity contribution in [2.24, 2.45) is 0 Å². The van der Waals surface area contributed by atoms with Crippen LogP contribution in [0.5, 0.6) is 11.5 Å². The van der Waals surface area contributed by atoms with Crippen LogP contribution in [0.4, 0.5) is 0 Å². The van der Waals surface area contributed by atoms with Gasteiger partial charge in [-0.3, -0.25) is 9.59 Å². The highest BCUT2D eigenvalue weighted by atomic mass is 16.6. The van der Waals surface area contributed by atoms with Crippen LogP contribution in [0, 0.1) is 0 Å². The topological polar surface area (TPSA) is 97.3 Å². The number of nitrogens with one attached hydrogen (secondary N) is 1. The SMILES string of the molecule is COC1=CC=C(C(=O)CCCCCC(=O)NC(CN2CCCC2)C(O)c2ccc3c(c2)OCCO3)CC1. The molecular formula is C29H40N2O6. The lowest BCUT2D eigenvalue weighted by molar-refractivity contribution is -0.123. The fourth-order valence-corrected chi connectivity index (χ4v) is 5.15. The van der Waals surface area contributed by atoms with Crippen LogP contribution in [-0.4, -0.2) is 67.7 Å². The number of rotatable bonds is 13. The quantitative estimate of drug-likeness (QED) is 0.388. The third kappa shape index (κ3) is 7.82. The smallest absolute Gasteiger partial charge is 0.220 e. The maximum Gasteiger partial charge on any atom is 0.220 e. The number of methoxy groups -OCH3 is 1. The predicted molar refractivity (Wildman–Crippen MR) is 140 cm³/mol. The standard InChI is InChI=1S/C29H40N2O6/c1-35-23-12-9-21(10-13-23)25(32)7-3-2-4-8-28(33)30-24(20-31-15-5-6-16-31)29(34)22-11-14-26-27(19-22)37-18-17-36-26/h9,11-12,14,19,24,29,34H,2-8,10,13,15-18,20H2,1H3,(H,30,33). The zero-order valence-corrected chi connectivity index (χ0v) is 21.9. The molecule has 2 atom stereocenters. The summed E-state index contributed by atoms with van der Waals surface area (Å²) in [4.78, 5) is 27.5. The number of ketones is 1. The average Bonchev–Trinajstić information content (AvgIpc) is 3.45. The van der Waals surface area contributed by atoms with Crippen molar-refractivity contribution in [2.45, 2.75) is 69.9 Å². The molecule has 1 aromatic rings. The minimum atomic E-state index is -0.852. The number of allylic oxidation sites excluding steroid dienone is 4. The summed E-state index contributed by atoms with van der Waals surface area (Å²) in [5, 5.41) is 14.3. The van der Waals surface area contributed by atoms with Crippen molar-refractivity contribution in [1.82, 2.24) is 10.2 Å². The van der Waals surface area contributed by atoms with E-state index in [0.29, 0.717) is 56.1 Å². The molecule has 0 aromatic heterocycles. The number of aliphatic hydroxyl groups is 1. The van der Waals surface area contributed by atoms with Crippen LogP contribution in [0.25, 0.3) is 0 Å². The Morgan fingerprint density at radius 2 is 1.78 bits per heavy atom. The molecule has 1 aromatic carbocycles. The van der Waals surface area contributed by atoms with Crippen LogP contribution in [0.2, 0.25) is 0 Å². The van der Waals surface area contributed by atoms with Crippen LogP contribution >= 0.6 is 0 Å². The van der Waals surface area contributed by atoms with Crippen molar-refractivity contribution in [2.75, 3.05) is 40.0 Å². The first kappa shape index (κ1) is 27.2. The maximum absolute atomic E-state index is 12.8. The first-order chi connectivity index (χ1) is 18.0. The molecule has 2 aliphatic heterocycles. The Balaban J connectivity index is 1.25. The molecule has 1 aliphatic carbocycles. The summed E-state index contributed by atoms with van der Waals surface area (Å²) in [7, 11) is 1.65. The number of hydrogen-bond acceptors (Lipinski definition) is 7. The Bertz CT molecular complexity index is 998.